The number of allylic oxidation sites excluding steroid dienone is 1. The van der Waals surface area contributed by atoms with Crippen molar-refractivity contribution >= 4 is 0 Å². The van der Waals surface area contributed by atoms with E-state index in [4.69, 9.17) is 0 Å². The first-order chi connectivity index (χ1) is 4.43. The minimum Gasteiger partial charge on any atom is -0.102 e. The van der Waals surface area contributed by atoms with Gasteiger partial charge in [0.15, 0.2) is 0 Å². The van der Waals surface area contributed by atoms with Crippen molar-refractivity contribution in [3.8, 4) is 0 Å². The molecule has 0 saturated heterocycles. The van der Waals surface area contributed by atoms with Gasteiger partial charge in [-0.1, -0.05) is 36.4 Å². The molecule has 0 amide bonds. The molecule has 0 heteroatoms. The summed E-state index contributed by atoms with van der Waals surface area (Å²) in [6, 6.07) is 10.1. The maximum atomic E-state index is 3.60. The van der Waals surface area contributed by atoms with Crippen LogP contribution in [0.15, 0.2) is 43.0 Å². The maximum Gasteiger partial charge on any atom is 0.0119 e. The summed E-state index contributed by atoms with van der Waals surface area (Å²) >= 11 is 0. The van der Waals surface area contributed by atoms with Gasteiger partial charge in [0.25, 0.3) is 0 Å². The monoisotopic (exact) mass is 117 g/mol. The van der Waals surface area contributed by atoms with Crippen LogP contribution in [0.1, 0.15) is 5.56 Å². The third-order valence-electron chi connectivity index (χ3n) is 1.11. The van der Waals surface area contributed by atoms with Crippen molar-refractivity contribution < 1.29 is 0 Å². The summed E-state index contributed by atoms with van der Waals surface area (Å²) in [5, 5.41) is 0. The molecule has 0 fully saturated rings. The van der Waals surface area contributed by atoms with Gasteiger partial charge in [-0.2, -0.15) is 0 Å². The molecule has 0 N–H and O–H groups in total. The van der Waals surface area contributed by atoms with Gasteiger partial charge in [-0.05, 0) is 5.56 Å². The summed E-state index contributed by atoms with van der Waals surface area (Å²) in [4.78, 5) is 0. The molecule has 9 heavy (non-hydrogen) atoms. The average molecular weight is 117 g/mol. The van der Waals surface area contributed by atoms with Crippen molar-refractivity contribution in [3.63, 3.8) is 0 Å². The van der Waals surface area contributed by atoms with E-state index >= 15 is 0 Å². The number of hydrogen-bond acceptors (Lipinski definition) is 0. The Bertz CT molecular complexity index is 174. The van der Waals surface area contributed by atoms with Crippen LogP contribution in [0.5, 0.6) is 0 Å². The molecule has 1 rings (SSSR count). The van der Waals surface area contributed by atoms with Gasteiger partial charge >= 0.3 is 0 Å². The van der Waals surface area contributed by atoms with Gasteiger partial charge in [0.2, 0.25) is 0 Å². The number of benzene rings is 1. The molecular weight excluding hydrogens is 108 g/mol. The van der Waals surface area contributed by atoms with Crippen LogP contribution in [-0.4, -0.2) is 0 Å². The van der Waals surface area contributed by atoms with E-state index in [-0.39, 0.29) is 0 Å². The number of rotatable bonds is 2. The fraction of sp³-hybridized carbons (Fsp3) is 0. The van der Waals surface area contributed by atoms with E-state index < -0.39 is 0 Å². The Balaban J connectivity index is 2.72. The zero-order valence-electron chi connectivity index (χ0n) is 5.25. The van der Waals surface area contributed by atoms with E-state index in [0.29, 0.717) is 0 Å². The van der Waals surface area contributed by atoms with E-state index in [2.05, 4.69) is 6.58 Å². The zero-order chi connectivity index (χ0) is 6.53. The lowest BCUT2D eigenvalue weighted by Gasteiger charge is -1.90. The molecule has 0 atom stereocenters. The van der Waals surface area contributed by atoms with Crippen LogP contribution >= 0.6 is 0 Å². The highest BCUT2D eigenvalue weighted by Crippen LogP contribution is 2.00. The Morgan fingerprint density at radius 3 is 2.33 bits per heavy atom. The fourth-order valence-corrected chi connectivity index (χ4v) is 0.700. The Morgan fingerprint density at radius 1 is 1.11 bits per heavy atom. The molecule has 0 aromatic heterocycles. The predicted octanol–water partition coefficient (Wildman–Crippen LogP) is 2.42. The SMILES string of the molecule is C=C[CH][12c]1ccccc1. The summed E-state index contributed by atoms with van der Waals surface area (Å²) in [5.41, 5.74) is 1.20. The van der Waals surface area contributed by atoms with Crippen molar-refractivity contribution in [1.82, 2.24) is 0 Å². The largest absolute Gasteiger partial charge is 0.102 e. The smallest absolute Gasteiger partial charge is 0.0119 e. The lowest BCUT2D eigenvalue weighted by Crippen LogP contribution is -1.72. The zero-order valence-corrected chi connectivity index (χ0v) is 5.25. The van der Waals surface area contributed by atoms with Crippen molar-refractivity contribution in [3.05, 3.63) is 55.0 Å². The minimum absolute atomic E-state index is 1.20. The van der Waals surface area contributed by atoms with Crippen LogP contribution in [0, 0.1) is 6.42 Å². The molecule has 0 aliphatic carbocycles. The molecule has 1 radical (unpaired) electrons. The van der Waals surface area contributed by atoms with Gasteiger partial charge in [0.05, 0.1) is 0 Å². The summed E-state index contributed by atoms with van der Waals surface area (Å²) in [6.45, 7) is 3.60. The normalized spacial score (nSPS) is 8.89. The molecule has 0 heterocycles. The summed E-state index contributed by atoms with van der Waals surface area (Å²) < 4.78 is 0. The van der Waals surface area contributed by atoms with E-state index in [0.717, 1.165) is 0 Å². The van der Waals surface area contributed by atoms with Gasteiger partial charge in [0.1, 0.15) is 0 Å². The van der Waals surface area contributed by atoms with E-state index in [1.54, 1.807) is 6.08 Å². The van der Waals surface area contributed by atoms with Crippen molar-refractivity contribution in [2.45, 2.75) is 0 Å². The Morgan fingerprint density at radius 2 is 1.78 bits per heavy atom. The molecule has 0 nitrogen and oxygen atoms in total. The fourth-order valence-electron chi connectivity index (χ4n) is 0.700. The highest BCUT2D eigenvalue weighted by Gasteiger charge is 1.82. The van der Waals surface area contributed by atoms with E-state index in [1.807, 2.05) is 36.8 Å². The van der Waals surface area contributed by atoms with Gasteiger partial charge in [-0.15, -0.1) is 6.58 Å². The molecule has 1 aromatic rings. The molecule has 0 saturated carbocycles. The molecule has 0 unspecified atom stereocenters. The average Bonchev–Trinajstić information content (AvgIpc) is 1.91. The summed E-state index contributed by atoms with van der Waals surface area (Å²) in [7, 11) is 0. The first-order valence-electron chi connectivity index (χ1n) is 2.94. The van der Waals surface area contributed by atoms with Crippen LogP contribution in [0.4, 0.5) is 0 Å². The van der Waals surface area contributed by atoms with Gasteiger partial charge in [-0.3, -0.25) is 0 Å². The van der Waals surface area contributed by atoms with Gasteiger partial charge < -0.3 is 0 Å². The lowest BCUT2D eigenvalue weighted by atomic mass is 10.1. The highest BCUT2D eigenvalue weighted by molar-refractivity contribution is 5.26. The topological polar surface area (TPSA) is 0 Å². The van der Waals surface area contributed by atoms with Gasteiger partial charge in [0, 0.05) is 6.42 Å². The van der Waals surface area contributed by atoms with Crippen LogP contribution in [0.3, 0.4) is 0 Å². The first-order valence-corrected chi connectivity index (χ1v) is 2.94. The molecular formula is C9H9. The minimum atomic E-state index is 1.20. The molecule has 0 bridgehead atoms. The molecule has 0 spiro atoms. The lowest BCUT2D eigenvalue weighted by molar-refractivity contribution is 1.53. The molecule has 45 valence electrons. The van der Waals surface area contributed by atoms with Crippen LogP contribution in [0.25, 0.3) is 0 Å². The molecule has 0 aliphatic rings. The second-order valence-corrected chi connectivity index (χ2v) is 1.81. The second kappa shape index (κ2) is 3.08. The quantitative estimate of drug-likeness (QED) is 0.558. The first kappa shape index (κ1) is 6.09. The van der Waals surface area contributed by atoms with E-state index in [9.17, 15) is 0 Å². The Labute approximate surface area is 55.8 Å². The third kappa shape index (κ3) is 1.73. The molecule has 0 aliphatic heterocycles. The standard InChI is InChI=1S/C9H9/c1-2-6-9-7-4-3-5-8-9/h2-8H,1H2/i9+0. The van der Waals surface area contributed by atoms with Crippen molar-refractivity contribution in [1.29, 1.82) is 0 Å². The van der Waals surface area contributed by atoms with Crippen molar-refractivity contribution in [2.24, 2.45) is 0 Å². The Hall–Kier alpha value is -1.04. The third-order valence-corrected chi connectivity index (χ3v) is 1.11. The van der Waals surface area contributed by atoms with Crippen LogP contribution in [0.2, 0.25) is 0 Å². The van der Waals surface area contributed by atoms with Crippen LogP contribution < -0.4 is 0 Å². The summed E-state index contributed by atoms with van der Waals surface area (Å²) in [6.07, 6.45) is 3.76. The van der Waals surface area contributed by atoms with Crippen molar-refractivity contribution in [2.75, 3.05) is 0 Å². The summed E-state index contributed by atoms with van der Waals surface area (Å²) in [5.74, 6) is 0. The van der Waals surface area contributed by atoms with Gasteiger partial charge in [-0.25, -0.2) is 0 Å². The Kier molecular flexibility index (Phi) is 2.08. The van der Waals surface area contributed by atoms with E-state index in [1.165, 1.54) is 5.56 Å². The maximum absolute atomic E-state index is 3.60. The second-order valence-electron chi connectivity index (χ2n) is 1.81. The highest BCUT2D eigenvalue weighted by atomic mass is 13.9. The predicted molar refractivity (Wildman–Crippen MR) is 40.0 cm³/mol. The number of hydrogen-bond donors (Lipinski definition) is 0. The van der Waals surface area contributed by atoms with Crippen LogP contribution in [-0.2, 0) is 0 Å². The molecule has 1 aromatic carbocycles.